The molecule has 0 aromatic heterocycles. The van der Waals surface area contributed by atoms with Gasteiger partial charge in [0.15, 0.2) is 0 Å². The number of rotatable bonds is 8. The summed E-state index contributed by atoms with van der Waals surface area (Å²) in [6.45, 7) is 2.21. The molecule has 1 aromatic rings. The highest BCUT2D eigenvalue weighted by Gasteiger charge is 2.26. The molecule has 0 saturated heterocycles. The second kappa shape index (κ2) is 11.3. The van der Waals surface area contributed by atoms with E-state index in [-0.39, 0.29) is 11.9 Å². The van der Waals surface area contributed by atoms with Crippen LogP contribution in [0.4, 0.5) is 0 Å². The Balaban J connectivity index is 1.75. The first-order valence-corrected chi connectivity index (χ1v) is 9.76. The summed E-state index contributed by atoms with van der Waals surface area (Å²) in [6, 6.07) is 9.93. The third kappa shape index (κ3) is 6.88. The fourth-order valence-corrected chi connectivity index (χ4v) is 3.37. The minimum Gasteiger partial charge on any atom is -0.426 e. The van der Waals surface area contributed by atoms with Gasteiger partial charge in [0.25, 0.3) is 0 Å². The van der Waals surface area contributed by atoms with Crippen LogP contribution < -0.4 is 4.74 Å². The monoisotopic (exact) mass is 351 g/mol. The van der Waals surface area contributed by atoms with Crippen LogP contribution in [-0.4, -0.2) is 5.97 Å². The maximum atomic E-state index is 12.4. The molecule has 3 heteroatoms. The predicted octanol–water partition coefficient (Wildman–Crippen LogP) is 5.77. The first-order valence-electron chi connectivity index (χ1n) is 9.76. The molecule has 1 aliphatic rings. The Kier molecular flexibility index (Phi) is 8.69. The van der Waals surface area contributed by atoms with E-state index in [1.165, 1.54) is 30.9 Å². The van der Waals surface area contributed by atoms with Crippen molar-refractivity contribution in [1.29, 1.82) is 5.26 Å². The minimum absolute atomic E-state index is 0.00136. The number of unbranched alkanes of at least 4 members (excludes halogenated alkanes) is 2. The van der Waals surface area contributed by atoms with E-state index in [9.17, 15) is 4.79 Å². The van der Waals surface area contributed by atoms with E-state index < -0.39 is 0 Å². The van der Waals surface area contributed by atoms with Crippen molar-refractivity contribution in [3.05, 3.63) is 54.1 Å². The van der Waals surface area contributed by atoms with Crippen LogP contribution in [0.2, 0.25) is 0 Å². The molecule has 0 heterocycles. The zero-order valence-corrected chi connectivity index (χ0v) is 15.7. The summed E-state index contributed by atoms with van der Waals surface area (Å²) >= 11 is 0. The number of esters is 1. The summed E-state index contributed by atoms with van der Waals surface area (Å²) in [7, 11) is 0. The molecule has 3 nitrogen and oxygen atoms in total. The SMILES string of the molecule is CCCCCc1ccc(OC(=O)[C@H]2CC[C@H](C=CC=CC#N)CC2)cc1. The van der Waals surface area contributed by atoms with Gasteiger partial charge in [-0.3, -0.25) is 4.79 Å². The van der Waals surface area contributed by atoms with Gasteiger partial charge in [-0.2, -0.15) is 5.26 Å². The molecule has 1 fully saturated rings. The average Bonchev–Trinajstić information content (AvgIpc) is 2.67. The zero-order chi connectivity index (χ0) is 18.6. The normalized spacial score (nSPS) is 20.3. The number of carbonyl (C=O) groups is 1. The summed E-state index contributed by atoms with van der Waals surface area (Å²) in [5.41, 5.74) is 1.30. The van der Waals surface area contributed by atoms with Crippen LogP contribution in [0.3, 0.4) is 0 Å². The lowest BCUT2D eigenvalue weighted by Gasteiger charge is -2.25. The van der Waals surface area contributed by atoms with E-state index in [1.807, 2.05) is 24.3 Å². The topological polar surface area (TPSA) is 50.1 Å². The lowest BCUT2D eigenvalue weighted by atomic mass is 9.82. The molecular formula is C23H29NO2. The van der Waals surface area contributed by atoms with Gasteiger partial charge in [0, 0.05) is 6.08 Å². The second-order valence-electron chi connectivity index (χ2n) is 7.01. The van der Waals surface area contributed by atoms with Crippen LogP contribution in [0.1, 0.15) is 57.4 Å². The van der Waals surface area contributed by atoms with Gasteiger partial charge in [-0.15, -0.1) is 0 Å². The molecule has 0 N–H and O–H groups in total. The average molecular weight is 351 g/mol. The summed E-state index contributed by atoms with van der Waals surface area (Å²) in [4.78, 5) is 12.4. The molecule has 0 atom stereocenters. The van der Waals surface area contributed by atoms with Crippen LogP contribution in [0.5, 0.6) is 5.75 Å². The van der Waals surface area contributed by atoms with E-state index >= 15 is 0 Å². The van der Waals surface area contributed by atoms with Crippen molar-refractivity contribution in [2.24, 2.45) is 11.8 Å². The molecular weight excluding hydrogens is 322 g/mol. The third-order valence-corrected chi connectivity index (χ3v) is 4.98. The smallest absolute Gasteiger partial charge is 0.314 e. The Bertz CT molecular complexity index is 644. The molecule has 0 aliphatic heterocycles. The molecule has 0 amide bonds. The molecule has 0 unspecified atom stereocenters. The summed E-state index contributed by atoms with van der Waals surface area (Å²) in [5.74, 6) is 1.04. The molecule has 26 heavy (non-hydrogen) atoms. The van der Waals surface area contributed by atoms with Crippen LogP contribution >= 0.6 is 0 Å². The number of carbonyl (C=O) groups excluding carboxylic acids is 1. The van der Waals surface area contributed by atoms with Crippen molar-refractivity contribution in [2.75, 3.05) is 0 Å². The van der Waals surface area contributed by atoms with Crippen molar-refractivity contribution >= 4 is 5.97 Å². The standard InChI is InChI=1S/C23H29NO2/c1-2-3-5-8-20-12-16-22(17-13-20)26-23(25)21-14-10-19(11-15-21)9-6-4-7-18-24/h4,6-7,9,12-13,16-17,19,21H,2-3,5,8,10-11,14-15H2,1H3/t19-,21-. The summed E-state index contributed by atoms with van der Waals surface area (Å²) < 4.78 is 5.58. The molecule has 138 valence electrons. The molecule has 0 spiro atoms. The number of nitriles is 1. The Hall–Kier alpha value is -2.34. The van der Waals surface area contributed by atoms with Crippen molar-refractivity contribution in [2.45, 2.75) is 58.3 Å². The van der Waals surface area contributed by atoms with E-state index in [0.29, 0.717) is 11.7 Å². The number of ether oxygens (including phenoxy) is 1. The number of nitrogens with zero attached hydrogens (tertiary/aromatic N) is 1. The molecule has 1 aromatic carbocycles. The van der Waals surface area contributed by atoms with Crippen molar-refractivity contribution < 1.29 is 9.53 Å². The second-order valence-corrected chi connectivity index (χ2v) is 7.01. The van der Waals surface area contributed by atoms with Crippen molar-refractivity contribution in [1.82, 2.24) is 0 Å². The Morgan fingerprint density at radius 2 is 1.88 bits per heavy atom. The lowest BCUT2D eigenvalue weighted by molar-refractivity contribution is -0.140. The van der Waals surface area contributed by atoms with Gasteiger partial charge >= 0.3 is 5.97 Å². The fraction of sp³-hybridized carbons (Fsp3) is 0.478. The van der Waals surface area contributed by atoms with Crippen LogP contribution in [0.15, 0.2) is 48.6 Å². The van der Waals surface area contributed by atoms with Gasteiger partial charge in [-0.25, -0.2) is 0 Å². The largest absolute Gasteiger partial charge is 0.426 e. The van der Waals surface area contributed by atoms with Gasteiger partial charge in [0.05, 0.1) is 12.0 Å². The van der Waals surface area contributed by atoms with Crippen LogP contribution in [0, 0.1) is 23.2 Å². The van der Waals surface area contributed by atoms with Crippen LogP contribution in [-0.2, 0) is 11.2 Å². The molecule has 1 aliphatic carbocycles. The number of aryl methyl sites for hydroxylation is 1. The van der Waals surface area contributed by atoms with Crippen LogP contribution in [0.25, 0.3) is 0 Å². The number of hydrogen-bond donors (Lipinski definition) is 0. The van der Waals surface area contributed by atoms with E-state index in [2.05, 4.69) is 25.1 Å². The number of hydrogen-bond acceptors (Lipinski definition) is 3. The maximum Gasteiger partial charge on any atom is 0.314 e. The van der Waals surface area contributed by atoms with Gasteiger partial charge < -0.3 is 4.74 Å². The molecule has 1 saturated carbocycles. The minimum atomic E-state index is -0.101. The Morgan fingerprint density at radius 1 is 1.15 bits per heavy atom. The summed E-state index contributed by atoms with van der Waals surface area (Å²) in [5, 5.41) is 8.46. The highest BCUT2D eigenvalue weighted by atomic mass is 16.5. The Morgan fingerprint density at radius 3 is 2.54 bits per heavy atom. The highest BCUT2D eigenvalue weighted by Crippen LogP contribution is 2.31. The van der Waals surface area contributed by atoms with Gasteiger partial charge in [-0.1, -0.05) is 50.1 Å². The quantitative estimate of drug-likeness (QED) is 0.196. The first-order chi connectivity index (χ1) is 12.7. The predicted molar refractivity (Wildman–Crippen MR) is 105 cm³/mol. The third-order valence-electron chi connectivity index (χ3n) is 4.98. The summed E-state index contributed by atoms with van der Waals surface area (Å²) in [6.07, 6.45) is 15.8. The van der Waals surface area contributed by atoms with E-state index in [1.54, 1.807) is 6.08 Å². The van der Waals surface area contributed by atoms with Gasteiger partial charge in [0.2, 0.25) is 0 Å². The number of allylic oxidation sites excluding steroid dienone is 4. The molecule has 0 bridgehead atoms. The zero-order valence-electron chi connectivity index (χ0n) is 15.7. The van der Waals surface area contributed by atoms with E-state index in [4.69, 9.17) is 10.00 Å². The van der Waals surface area contributed by atoms with Crippen molar-refractivity contribution in [3.8, 4) is 11.8 Å². The van der Waals surface area contributed by atoms with E-state index in [0.717, 1.165) is 32.1 Å². The molecule has 0 radical (unpaired) electrons. The maximum absolute atomic E-state index is 12.4. The highest BCUT2D eigenvalue weighted by molar-refractivity contribution is 5.75. The Labute approximate surface area is 157 Å². The van der Waals surface area contributed by atoms with Gasteiger partial charge in [0.1, 0.15) is 5.75 Å². The fourth-order valence-electron chi connectivity index (χ4n) is 3.37. The van der Waals surface area contributed by atoms with Crippen molar-refractivity contribution in [3.63, 3.8) is 0 Å². The number of benzene rings is 1. The molecule has 2 rings (SSSR count). The first kappa shape index (κ1) is 20.0. The van der Waals surface area contributed by atoms with Gasteiger partial charge in [-0.05, 0) is 62.1 Å². The lowest BCUT2D eigenvalue weighted by Crippen LogP contribution is -2.25.